The van der Waals surface area contributed by atoms with Crippen LogP contribution in [0.5, 0.6) is 5.75 Å². The number of piperazine rings is 1. The van der Waals surface area contributed by atoms with E-state index in [1.54, 1.807) is 12.4 Å². The Morgan fingerprint density at radius 1 is 1.08 bits per heavy atom. The van der Waals surface area contributed by atoms with Crippen LogP contribution in [0.1, 0.15) is 12.0 Å². The lowest BCUT2D eigenvalue weighted by molar-refractivity contribution is 0.173. The van der Waals surface area contributed by atoms with E-state index in [1.165, 1.54) is 0 Å². The van der Waals surface area contributed by atoms with Gasteiger partial charge in [-0.3, -0.25) is 4.90 Å². The van der Waals surface area contributed by atoms with Crippen LogP contribution in [0.25, 0.3) is 0 Å². The van der Waals surface area contributed by atoms with Gasteiger partial charge in [0.15, 0.2) is 5.75 Å². The molecule has 2 saturated heterocycles. The second-order valence-electron chi connectivity index (χ2n) is 6.48. The van der Waals surface area contributed by atoms with Crippen molar-refractivity contribution in [2.24, 2.45) is 0 Å². The summed E-state index contributed by atoms with van der Waals surface area (Å²) in [4.78, 5) is 13.5. The molecule has 0 aliphatic carbocycles. The molecule has 2 aromatic rings. The van der Waals surface area contributed by atoms with E-state index in [-0.39, 0.29) is 6.10 Å². The molecule has 4 rings (SSSR count). The van der Waals surface area contributed by atoms with E-state index >= 15 is 0 Å². The second kappa shape index (κ2) is 6.75. The van der Waals surface area contributed by atoms with Gasteiger partial charge >= 0.3 is 0 Å². The van der Waals surface area contributed by atoms with Crippen LogP contribution in [-0.2, 0) is 6.61 Å². The van der Waals surface area contributed by atoms with E-state index in [0.29, 0.717) is 18.4 Å². The van der Waals surface area contributed by atoms with Gasteiger partial charge in [-0.15, -0.1) is 0 Å². The molecule has 0 radical (unpaired) electrons. The van der Waals surface area contributed by atoms with Crippen LogP contribution in [0.4, 0.5) is 5.95 Å². The number of benzene rings is 1. The minimum absolute atomic E-state index is 0.190. The maximum absolute atomic E-state index is 9.80. The Labute approximate surface area is 141 Å². The van der Waals surface area contributed by atoms with E-state index in [2.05, 4.69) is 19.8 Å². The molecule has 1 aromatic heterocycles. The largest absolute Gasteiger partial charge is 0.486 e. The molecule has 3 heterocycles. The monoisotopic (exact) mass is 326 g/mol. The van der Waals surface area contributed by atoms with E-state index in [4.69, 9.17) is 4.74 Å². The fraction of sp³-hybridized carbons (Fsp3) is 0.444. The number of fused-ring (bicyclic) bond motifs is 1. The summed E-state index contributed by atoms with van der Waals surface area (Å²) < 4.78 is 5.73. The number of aliphatic hydroxyl groups excluding tert-OH is 1. The van der Waals surface area contributed by atoms with Gasteiger partial charge in [-0.1, -0.05) is 30.3 Å². The highest BCUT2D eigenvalue weighted by atomic mass is 16.5. The van der Waals surface area contributed by atoms with Gasteiger partial charge in [0.25, 0.3) is 0 Å². The van der Waals surface area contributed by atoms with Crippen molar-refractivity contribution in [1.82, 2.24) is 14.9 Å². The van der Waals surface area contributed by atoms with Crippen molar-refractivity contribution in [3.05, 3.63) is 48.3 Å². The van der Waals surface area contributed by atoms with Gasteiger partial charge in [0, 0.05) is 32.2 Å². The highest BCUT2D eigenvalue weighted by Crippen LogP contribution is 2.24. The van der Waals surface area contributed by atoms with Gasteiger partial charge in [0.1, 0.15) is 6.61 Å². The molecule has 6 nitrogen and oxygen atoms in total. The van der Waals surface area contributed by atoms with Crippen LogP contribution in [0.3, 0.4) is 0 Å². The van der Waals surface area contributed by atoms with Gasteiger partial charge in [-0.2, -0.15) is 0 Å². The number of aromatic nitrogens is 2. The minimum Gasteiger partial charge on any atom is -0.486 e. The van der Waals surface area contributed by atoms with Gasteiger partial charge in [0.2, 0.25) is 5.95 Å². The summed E-state index contributed by atoms with van der Waals surface area (Å²) in [5.41, 5.74) is 1.12. The van der Waals surface area contributed by atoms with E-state index in [0.717, 1.165) is 44.1 Å². The lowest BCUT2D eigenvalue weighted by Crippen LogP contribution is -2.50. The Bertz CT molecular complexity index is 664. The fourth-order valence-electron chi connectivity index (χ4n) is 3.49. The molecule has 0 spiro atoms. The van der Waals surface area contributed by atoms with Crippen molar-refractivity contribution in [3.63, 3.8) is 0 Å². The normalized spacial score (nSPS) is 24.0. The predicted octanol–water partition coefficient (Wildman–Crippen LogP) is 1.31. The third kappa shape index (κ3) is 3.34. The fourth-order valence-corrected chi connectivity index (χ4v) is 3.49. The smallest absolute Gasteiger partial charge is 0.225 e. The topological polar surface area (TPSA) is 61.7 Å². The maximum atomic E-state index is 9.80. The van der Waals surface area contributed by atoms with Crippen LogP contribution < -0.4 is 9.64 Å². The zero-order valence-electron chi connectivity index (χ0n) is 13.6. The predicted molar refractivity (Wildman–Crippen MR) is 91.0 cm³/mol. The first-order chi connectivity index (χ1) is 11.8. The number of anilines is 1. The molecule has 1 aromatic carbocycles. The summed E-state index contributed by atoms with van der Waals surface area (Å²) in [6.07, 6.45) is 4.13. The van der Waals surface area contributed by atoms with Gasteiger partial charge in [0.05, 0.1) is 18.5 Å². The standard InChI is InChI=1S/C18H22N4O2/c23-16-8-15-11-22(7-6-21(15)12-16)18-19-9-17(10-20-18)24-13-14-4-2-1-3-5-14/h1-5,9-10,15-16,23H,6-8,11-13H2/t15-,16+/m0/s1. The molecular weight excluding hydrogens is 304 g/mol. The van der Waals surface area contributed by atoms with Crippen molar-refractivity contribution in [1.29, 1.82) is 0 Å². The van der Waals surface area contributed by atoms with Crippen molar-refractivity contribution < 1.29 is 9.84 Å². The van der Waals surface area contributed by atoms with Crippen LogP contribution in [0.2, 0.25) is 0 Å². The number of hydrogen-bond acceptors (Lipinski definition) is 6. The molecule has 0 amide bonds. The SMILES string of the molecule is O[C@@H]1C[C@H]2CN(c3ncc(OCc4ccccc4)cn3)CCN2C1. The third-order valence-corrected chi connectivity index (χ3v) is 4.74. The first kappa shape index (κ1) is 15.4. The molecule has 24 heavy (non-hydrogen) atoms. The Kier molecular flexibility index (Phi) is 4.32. The van der Waals surface area contributed by atoms with Crippen LogP contribution in [0, 0.1) is 0 Å². The molecule has 2 atom stereocenters. The Morgan fingerprint density at radius 2 is 1.88 bits per heavy atom. The number of aliphatic hydroxyl groups is 1. The number of hydrogen-bond donors (Lipinski definition) is 1. The number of ether oxygens (including phenoxy) is 1. The Hall–Kier alpha value is -2.18. The Balaban J connectivity index is 1.35. The van der Waals surface area contributed by atoms with Crippen LogP contribution in [-0.4, -0.2) is 58.3 Å². The maximum Gasteiger partial charge on any atom is 0.225 e. The quantitative estimate of drug-likeness (QED) is 0.914. The second-order valence-corrected chi connectivity index (χ2v) is 6.48. The molecule has 1 N–H and O–H groups in total. The molecule has 2 aliphatic heterocycles. The van der Waals surface area contributed by atoms with Gasteiger partial charge < -0.3 is 14.7 Å². The molecule has 0 bridgehead atoms. The van der Waals surface area contributed by atoms with Crippen molar-refractivity contribution in [2.45, 2.75) is 25.2 Å². The van der Waals surface area contributed by atoms with E-state index in [9.17, 15) is 5.11 Å². The summed E-state index contributed by atoms with van der Waals surface area (Å²) in [5.74, 6) is 1.42. The highest BCUT2D eigenvalue weighted by molar-refractivity contribution is 5.33. The molecule has 0 saturated carbocycles. The first-order valence-electron chi connectivity index (χ1n) is 8.44. The van der Waals surface area contributed by atoms with Crippen LogP contribution in [0.15, 0.2) is 42.7 Å². The van der Waals surface area contributed by atoms with Crippen LogP contribution >= 0.6 is 0 Å². The summed E-state index contributed by atoms with van der Waals surface area (Å²) in [6.45, 7) is 4.04. The zero-order valence-corrected chi connectivity index (χ0v) is 13.6. The van der Waals surface area contributed by atoms with Crippen molar-refractivity contribution >= 4 is 5.95 Å². The van der Waals surface area contributed by atoms with E-state index in [1.807, 2.05) is 30.3 Å². The van der Waals surface area contributed by atoms with Crippen molar-refractivity contribution in [2.75, 3.05) is 31.1 Å². The third-order valence-electron chi connectivity index (χ3n) is 4.74. The molecule has 6 heteroatoms. The van der Waals surface area contributed by atoms with E-state index < -0.39 is 0 Å². The Morgan fingerprint density at radius 3 is 2.67 bits per heavy atom. The minimum atomic E-state index is -0.190. The average Bonchev–Trinajstić information content (AvgIpc) is 3.00. The molecule has 2 aliphatic rings. The lowest BCUT2D eigenvalue weighted by atomic mass is 10.1. The number of rotatable bonds is 4. The summed E-state index contributed by atoms with van der Waals surface area (Å²) in [5, 5.41) is 9.80. The number of nitrogens with zero attached hydrogens (tertiary/aromatic N) is 4. The molecule has 126 valence electrons. The molecule has 2 fully saturated rings. The first-order valence-corrected chi connectivity index (χ1v) is 8.44. The lowest BCUT2D eigenvalue weighted by Gasteiger charge is -2.37. The highest BCUT2D eigenvalue weighted by Gasteiger charge is 2.35. The van der Waals surface area contributed by atoms with Crippen molar-refractivity contribution in [3.8, 4) is 5.75 Å². The average molecular weight is 326 g/mol. The molecular formula is C18H22N4O2. The summed E-state index contributed by atoms with van der Waals surface area (Å²) in [6, 6.07) is 10.5. The van der Waals surface area contributed by atoms with Gasteiger partial charge in [-0.05, 0) is 12.0 Å². The van der Waals surface area contributed by atoms with Gasteiger partial charge in [-0.25, -0.2) is 9.97 Å². The zero-order chi connectivity index (χ0) is 16.4. The summed E-state index contributed by atoms with van der Waals surface area (Å²) in [7, 11) is 0. The summed E-state index contributed by atoms with van der Waals surface area (Å²) >= 11 is 0. The molecule has 0 unspecified atom stereocenters.